The third-order valence-electron chi connectivity index (χ3n) is 3.17. The van der Waals surface area contributed by atoms with E-state index in [0.29, 0.717) is 11.4 Å². The lowest BCUT2D eigenvalue weighted by Crippen LogP contribution is -2.17. The molecule has 0 aromatic heterocycles. The number of hydrogen-bond donors (Lipinski definition) is 1. The summed E-state index contributed by atoms with van der Waals surface area (Å²) in [4.78, 5) is 12.1. The zero-order valence-electron chi connectivity index (χ0n) is 11.2. The van der Waals surface area contributed by atoms with Crippen LogP contribution in [0.1, 0.15) is 38.7 Å². The maximum atomic E-state index is 12.1. The first-order chi connectivity index (χ1) is 8.50. The Morgan fingerprint density at radius 1 is 1.28 bits per heavy atom. The van der Waals surface area contributed by atoms with E-state index in [1.54, 1.807) is 0 Å². The lowest BCUT2D eigenvalue weighted by molar-refractivity contribution is -0.121. The predicted molar refractivity (Wildman–Crippen MR) is 76.8 cm³/mol. The molecule has 1 rings (SSSR count). The summed E-state index contributed by atoms with van der Waals surface area (Å²) >= 11 is 6.05. The number of carbonyl (C=O) groups is 1. The molecule has 1 aromatic carbocycles. The second-order valence-corrected chi connectivity index (χ2v) is 5.45. The predicted octanol–water partition coefficient (Wildman–Crippen LogP) is 3.61. The van der Waals surface area contributed by atoms with Crippen LogP contribution in [0.3, 0.4) is 0 Å². The fraction of sp³-hybridized carbons (Fsp3) is 0.533. The zero-order chi connectivity index (χ0) is 13.5. The Bertz CT molecular complexity index is 390. The summed E-state index contributed by atoms with van der Waals surface area (Å²) in [5, 5.41) is 0.675. The van der Waals surface area contributed by atoms with Crippen LogP contribution in [0.2, 0.25) is 5.02 Å². The molecule has 2 unspecified atom stereocenters. The van der Waals surface area contributed by atoms with Gasteiger partial charge in [-0.15, -0.1) is 0 Å². The fourth-order valence-electron chi connectivity index (χ4n) is 1.91. The van der Waals surface area contributed by atoms with Crippen LogP contribution in [-0.4, -0.2) is 11.8 Å². The third kappa shape index (κ3) is 5.19. The van der Waals surface area contributed by atoms with Gasteiger partial charge in [-0.3, -0.25) is 4.79 Å². The molecule has 100 valence electrons. The molecule has 0 amide bonds. The van der Waals surface area contributed by atoms with Crippen molar-refractivity contribution in [2.75, 3.05) is 0 Å². The van der Waals surface area contributed by atoms with Crippen molar-refractivity contribution in [1.29, 1.82) is 0 Å². The second kappa shape index (κ2) is 7.55. The Kier molecular flexibility index (Phi) is 6.37. The van der Waals surface area contributed by atoms with Crippen LogP contribution in [0, 0.1) is 5.92 Å². The van der Waals surface area contributed by atoms with Gasteiger partial charge in [0.05, 0.1) is 0 Å². The number of carbonyl (C=O) groups excluding carboxylic acids is 1. The van der Waals surface area contributed by atoms with Crippen molar-refractivity contribution in [3.05, 3.63) is 34.9 Å². The Morgan fingerprint density at radius 3 is 2.56 bits per heavy atom. The van der Waals surface area contributed by atoms with Crippen LogP contribution in [-0.2, 0) is 11.2 Å². The monoisotopic (exact) mass is 267 g/mol. The van der Waals surface area contributed by atoms with E-state index in [0.717, 1.165) is 24.8 Å². The number of ketones is 1. The minimum Gasteiger partial charge on any atom is -0.328 e. The average Bonchev–Trinajstić information content (AvgIpc) is 2.31. The van der Waals surface area contributed by atoms with Gasteiger partial charge >= 0.3 is 0 Å². The average molecular weight is 268 g/mol. The van der Waals surface area contributed by atoms with Gasteiger partial charge < -0.3 is 5.73 Å². The molecule has 2 nitrogen and oxygen atoms in total. The molecule has 0 bridgehead atoms. The summed E-state index contributed by atoms with van der Waals surface area (Å²) in [6, 6.07) is 7.74. The molecule has 0 saturated carbocycles. The van der Waals surface area contributed by atoms with E-state index in [1.807, 2.05) is 38.1 Å². The topological polar surface area (TPSA) is 43.1 Å². The number of Topliss-reactive ketones (excluding diaryl/α,β-unsaturated/α-hetero) is 1. The van der Waals surface area contributed by atoms with Crippen LogP contribution in [0.5, 0.6) is 0 Å². The molecule has 2 N–H and O–H groups in total. The summed E-state index contributed by atoms with van der Waals surface area (Å²) in [7, 11) is 0. The van der Waals surface area contributed by atoms with Crippen molar-refractivity contribution in [3.63, 3.8) is 0 Å². The first kappa shape index (κ1) is 15.2. The zero-order valence-corrected chi connectivity index (χ0v) is 11.9. The molecule has 18 heavy (non-hydrogen) atoms. The van der Waals surface area contributed by atoms with Crippen molar-refractivity contribution in [2.24, 2.45) is 11.7 Å². The van der Waals surface area contributed by atoms with Crippen LogP contribution in [0.4, 0.5) is 0 Å². The number of benzene rings is 1. The highest BCUT2D eigenvalue weighted by Gasteiger charge is 2.14. The molecule has 0 aliphatic heterocycles. The van der Waals surface area contributed by atoms with Crippen molar-refractivity contribution in [1.82, 2.24) is 0 Å². The summed E-state index contributed by atoms with van der Waals surface area (Å²) < 4.78 is 0. The molecule has 0 aliphatic rings. The molecule has 0 aliphatic carbocycles. The largest absolute Gasteiger partial charge is 0.328 e. The number of rotatable bonds is 7. The normalized spacial score (nSPS) is 14.2. The Morgan fingerprint density at radius 2 is 1.94 bits per heavy atom. The summed E-state index contributed by atoms with van der Waals surface area (Å²) in [6.45, 7) is 3.98. The van der Waals surface area contributed by atoms with E-state index in [-0.39, 0.29) is 17.7 Å². The van der Waals surface area contributed by atoms with Crippen molar-refractivity contribution >= 4 is 17.4 Å². The van der Waals surface area contributed by atoms with Crippen molar-refractivity contribution < 1.29 is 4.79 Å². The Balaban J connectivity index is 2.43. The van der Waals surface area contributed by atoms with Gasteiger partial charge in [0.2, 0.25) is 0 Å². The van der Waals surface area contributed by atoms with Gasteiger partial charge in [0.15, 0.2) is 0 Å². The van der Waals surface area contributed by atoms with Gasteiger partial charge in [-0.05, 0) is 31.4 Å². The third-order valence-corrected chi connectivity index (χ3v) is 3.54. The molecule has 0 heterocycles. The van der Waals surface area contributed by atoms with Crippen molar-refractivity contribution in [2.45, 2.75) is 45.6 Å². The highest BCUT2D eigenvalue weighted by Crippen LogP contribution is 2.19. The minimum absolute atomic E-state index is 0.0834. The molecule has 0 fully saturated rings. The molecule has 1 aromatic rings. The first-order valence-corrected chi connectivity index (χ1v) is 6.90. The second-order valence-electron chi connectivity index (χ2n) is 5.04. The summed E-state index contributed by atoms with van der Waals surface area (Å²) in [5.74, 6) is 0.341. The van der Waals surface area contributed by atoms with Gasteiger partial charge in [-0.1, -0.05) is 43.1 Å². The van der Waals surface area contributed by atoms with Gasteiger partial charge in [0.25, 0.3) is 0 Å². The highest BCUT2D eigenvalue weighted by atomic mass is 35.5. The van der Waals surface area contributed by atoms with E-state index in [4.69, 9.17) is 17.3 Å². The minimum atomic E-state index is 0.0834. The quantitative estimate of drug-likeness (QED) is 0.820. The molecule has 0 spiro atoms. The number of hydrogen-bond acceptors (Lipinski definition) is 2. The molecule has 0 saturated heterocycles. The molecular formula is C15H22ClNO. The van der Waals surface area contributed by atoms with Crippen LogP contribution in [0.25, 0.3) is 0 Å². The lowest BCUT2D eigenvalue weighted by atomic mass is 9.94. The standard InChI is InChI=1S/C15H22ClNO/c1-11(6-5-7-12(2)17)15(18)10-13-8-3-4-9-14(13)16/h3-4,8-9,11-12H,5-7,10,17H2,1-2H3. The van der Waals surface area contributed by atoms with Gasteiger partial charge in [0.1, 0.15) is 5.78 Å². The van der Waals surface area contributed by atoms with Crippen LogP contribution >= 0.6 is 11.6 Å². The molecule has 3 heteroatoms. The highest BCUT2D eigenvalue weighted by molar-refractivity contribution is 6.31. The SMILES string of the molecule is CC(N)CCCC(C)C(=O)Cc1ccccc1Cl. The molecule has 0 radical (unpaired) electrons. The van der Waals surface area contributed by atoms with Gasteiger partial charge in [0, 0.05) is 23.4 Å². The van der Waals surface area contributed by atoms with Crippen LogP contribution in [0.15, 0.2) is 24.3 Å². The maximum absolute atomic E-state index is 12.1. The molecular weight excluding hydrogens is 246 g/mol. The summed E-state index contributed by atoms with van der Waals surface area (Å²) in [6.07, 6.45) is 3.32. The van der Waals surface area contributed by atoms with E-state index in [1.165, 1.54) is 0 Å². The lowest BCUT2D eigenvalue weighted by Gasteiger charge is -2.12. The molecule has 2 atom stereocenters. The maximum Gasteiger partial charge on any atom is 0.140 e. The van der Waals surface area contributed by atoms with Crippen LogP contribution < -0.4 is 5.73 Å². The van der Waals surface area contributed by atoms with Gasteiger partial charge in [-0.25, -0.2) is 0 Å². The Labute approximate surface area is 115 Å². The van der Waals surface area contributed by atoms with E-state index in [9.17, 15) is 4.79 Å². The smallest absolute Gasteiger partial charge is 0.140 e. The summed E-state index contributed by atoms with van der Waals surface area (Å²) in [5.41, 5.74) is 6.62. The Hall–Kier alpha value is -0.860. The number of halogens is 1. The van der Waals surface area contributed by atoms with E-state index in [2.05, 4.69) is 0 Å². The van der Waals surface area contributed by atoms with Crippen molar-refractivity contribution in [3.8, 4) is 0 Å². The number of nitrogens with two attached hydrogens (primary N) is 1. The van der Waals surface area contributed by atoms with E-state index < -0.39 is 0 Å². The van der Waals surface area contributed by atoms with E-state index >= 15 is 0 Å². The first-order valence-electron chi connectivity index (χ1n) is 6.52. The fourth-order valence-corrected chi connectivity index (χ4v) is 2.11. The van der Waals surface area contributed by atoms with Gasteiger partial charge in [-0.2, -0.15) is 0 Å².